The van der Waals surface area contributed by atoms with E-state index in [0.29, 0.717) is 0 Å². The van der Waals surface area contributed by atoms with Gasteiger partial charge in [-0.05, 0) is 36.6 Å². The molecule has 3 nitrogen and oxygen atoms in total. The third-order valence-electron chi connectivity index (χ3n) is 2.54. The molecule has 0 unspecified atom stereocenters. The molecule has 0 spiro atoms. The van der Waals surface area contributed by atoms with Crippen LogP contribution in [-0.2, 0) is 6.42 Å². The SMILES string of the molecule is CSc1sc(C#N)c2c1C(SN)=C(N)CC2. The number of rotatable bonds is 2. The molecule has 1 aromatic heterocycles. The van der Waals surface area contributed by atoms with Gasteiger partial charge in [0, 0.05) is 11.3 Å². The first-order valence-corrected chi connectivity index (χ1v) is 7.60. The molecule has 0 fully saturated rings. The average molecular weight is 269 g/mol. The minimum absolute atomic E-state index is 0.797. The standard InChI is InChI=1S/C10H11N3S3/c1-14-10-8-5(7(4-11)15-10)2-3-6(12)9(8)16-13/h2-3,12-13H2,1H3. The fourth-order valence-corrected chi connectivity index (χ4v) is 4.44. The van der Waals surface area contributed by atoms with Gasteiger partial charge in [-0.1, -0.05) is 0 Å². The number of nitrogens with two attached hydrogens (primary N) is 2. The molecule has 0 radical (unpaired) electrons. The van der Waals surface area contributed by atoms with Crippen molar-refractivity contribution in [2.24, 2.45) is 10.9 Å². The van der Waals surface area contributed by atoms with Crippen molar-refractivity contribution in [1.82, 2.24) is 0 Å². The van der Waals surface area contributed by atoms with Crippen LogP contribution in [0.2, 0.25) is 0 Å². The van der Waals surface area contributed by atoms with E-state index in [2.05, 4.69) is 6.07 Å². The van der Waals surface area contributed by atoms with Gasteiger partial charge in [0.1, 0.15) is 10.9 Å². The van der Waals surface area contributed by atoms with Crippen LogP contribution in [0.5, 0.6) is 0 Å². The highest BCUT2D eigenvalue weighted by Gasteiger charge is 2.25. The molecule has 0 bridgehead atoms. The van der Waals surface area contributed by atoms with Gasteiger partial charge in [0.25, 0.3) is 0 Å². The lowest BCUT2D eigenvalue weighted by atomic mass is 9.98. The van der Waals surface area contributed by atoms with E-state index in [1.54, 1.807) is 11.8 Å². The van der Waals surface area contributed by atoms with Crippen LogP contribution in [0.4, 0.5) is 0 Å². The van der Waals surface area contributed by atoms with Crippen LogP contribution in [0.3, 0.4) is 0 Å². The maximum atomic E-state index is 9.09. The first kappa shape index (κ1) is 11.9. The summed E-state index contributed by atoms with van der Waals surface area (Å²) in [7, 11) is 0. The molecule has 1 aliphatic rings. The van der Waals surface area contributed by atoms with Crippen molar-refractivity contribution in [2.45, 2.75) is 17.1 Å². The van der Waals surface area contributed by atoms with Crippen LogP contribution >= 0.6 is 35.0 Å². The Labute approximate surface area is 107 Å². The first-order chi connectivity index (χ1) is 7.72. The van der Waals surface area contributed by atoms with E-state index in [9.17, 15) is 0 Å². The molecule has 0 amide bonds. The molecule has 6 heteroatoms. The van der Waals surface area contributed by atoms with E-state index >= 15 is 0 Å². The third kappa shape index (κ3) is 1.74. The Morgan fingerprint density at radius 3 is 2.75 bits per heavy atom. The predicted molar refractivity (Wildman–Crippen MR) is 72.0 cm³/mol. The molecular weight excluding hydrogens is 258 g/mol. The second kappa shape index (κ2) is 4.72. The van der Waals surface area contributed by atoms with Crippen molar-refractivity contribution < 1.29 is 0 Å². The quantitative estimate of drug-likeness (QED) is 0.637. The summed E-state index contributed by atoms with van der Waals surface area (Å²) in [5, 5.41) is 14.8. The molecule has 4 N–H and O–H groups in total. The maximum absolute atomic E-state index is 9.09. The Balaban J connectivity index is 2.67. The fraction of sp³-hybridized carbons (Fsp3) is 0.300. The highest BCUT2D eigenvalue weighted by molar-refractivity contribution is 8.06. The summed E-state index contributed by atoms with van der Waals surface area (Å²) in [5.41, 5.74) is 9.04. The second-order valence-corrected chi connectivity index (χ2v) is 6.10. The molecule has 16 heavy (non-hydrogen) atoms. The summed E-state index contributed by atoms with van der Waals surface area (Å²) in [6, 6.07) is 2.26. The monoisotopic (exact) mass is 269 g/mol. The van der Waals surface area contributed by atoms with Crippen molar-refractivity contribution in [2.75, 3.05) is 6.26 Å². The highest BCUT2D eigenvalue weighted by atomic mass is 32.2. The van der Waals surface area contributed by atoms with Crippen molar-refractivity contribution >= 4 is 40.0 Å². The molecule has 0 aromatic carbocycles. The van der Waals surface area contributed by atoms with Crippen LogP contribution in [0.15, 0.2) is 9.91 Å². The largest absolute Gasteiger partial charge is 0.401 e. The molecule has 0 saturated carbocycles. The van der Waals surface area contributed by atoms with Crippen molar-refractivity contribution in [1.29, 1.82) is 5.26 Å². The summed E-state index contributed by atoms with van der Waals surface area (Å²) < 4.78 is 1.14. The number of fused-ring (bicyclic) bond motifs is 1. The summed E-state index contributed by atoms with van der Waals surface area (Å²) in [6.07, 6.45) is 3.66. The van der Waals surface area contributed by atoms with Crippen molar-refractivity contribution in [3.8, 4) is 6.07 Å². The summed E-state index contributed by atoms with van der Waals surface area (Å²) in [4.78, 5) is 1.75. The van der Waals surface area contributed by atoms with Gasteiger partial charge in [-0.15, -0.1) is 23.1 Å². The Morgan fingerprint density at radius 1 is 1.44 bits per heavy atom. The van der Waals surface area contributed by atoms with Gasteiger partial charge in [-0.3, -0.25) is 5.14 Å². The van der Waals surface area contributed by atoms with Gasteiger partial charge >= 0.3 is 0 Å². The lowest BCUT2D eigenvalue weighted by molar-refractivity contribution is 0.911. The molecule has 2 rings (SSSR count). The van der Waals surface area contributed by atoms with Gasteiger partial charge in [-0.25, -0.2) is 0 Å². The number of nitriles is 1. The molecule has 84 valence electrons. The fourth-order valence-electron chi connectivity index (χ4n) is 1.81. The number of hydrogen-bond donors (Lipinski definition) is 2. The van der Waals surface area contributed by atoms with Crippen LogP contribution < -0.4 is 10.9 Å². The topological polar surface area (TPSA) is 75.8 Å². The zero-order valence-electron chi connectivity index (χ0n) is 8.74. The number of hydrogen-bond acceptors (Lipinski definition) is 6. The van der Waals surface area contributed by atoms with E-state index < -0.39 is 0 Å². The Kier molecular flexibility index (Phi) is 3.50. The lowest BCUT2D eigenvalue weighted by Gasteiger charge is -2.17. The van der Waals surface area contributed by atoms with Gasteiger partial charge in [0.05, 0.1) is 9.11 Å². The predicted octanol–water partition coefficient (Wildman–Crippen LogP) is 2.52. The van der Waals surface area contributed by atoms with E-state index in [-0.39, 0.29) is 0 Å². The molecule has 1 heterocycles. The van der Waals surface area contributed by atoms with Gasteiger partial charge in [0.2, 0.25) is 0 Å². The van der Waals surface area contributed by atoms with Crippen LogP contribution in [0, 0.1) is 11.3 Å². The minimum atomic E-state index is 0.797. The summed E-state index contributed by atoms with van der Waals surface area (Å²) >= 11 is 4.38. The smallest absolute Gasteiger partial charge is 0.110 e. The van der Waals surface area contributed by atoms with Crippen LogP contribution in [-0.4, -0.2) is 6.26 Å². The lowest BCUT2D eigenvalue weighted by Crippen LogP contribution is -2.10. The number of thioether (sulfide) groups is 1. The molecule has 0 atom stereocenters. The average Bonchev–Trinajstić information content (AvgIpc) is 2.67. The van der Waals surface area contributed by atoms with E-state index in [4.69, 9.17) is 16.1 Å². The van der Waals surface area contributed by atoms with E-state index in [1.807, 2.05) is 6.26 Å². The molecule has 0 aliphatic heterocycles. The van der Waals surface area contributed by atoms with Crippen molar-refractivity contribution in [3.05, 3.63) is 21.7 Å². The normalized spacial score (nSPS) is 14.8. The zero-order chi connectivity index (χ0) is 11.7. The van der Waals surface area contributed by atoms with Gasteiger partial charge in [-0.2, -0.15) is 5.26 Å². The van der Waals surface area contributed by atoms with Crippen LogP contribution in [0.1, 0.15) is 22.4 Å². The minimum Gasteiger partial charge on any atom is -0.401 e. The van der Waals surface area contributed by atoms with E-state index in [0.717, 1.165) is 43.7 Å². The molecule has 1 aromatic rings. The number of allylic oxidation sites excluding steroid dienone is 1. The molecular formula is C10H11N3S3. The first-order valence-electron chi connectivity index (χ1n) is 4.68. The highest BCUT2D eigenvalue weighted by Crippen LogP contribution is 2.45. The zero-order valence-corrected chi connectivity index (χ0v) is 11.2. The van der Waals surface area contributed by atoms with Gasteiger partial charge in [0.15, 0.2) is 0 Å². The van der Waals surface area contributed by atoms with Gasteiger partial charge < -0.3 is 5.73 Å². The Bertz CT molecular complexity index is 496. The Morgan fingerprint density at radius 2 is 2.19 bits per heavy atom. The summed E-state index contributed by atoms with van der Waals surface area (Å²) in [5.74, 6) is 0. The number of nitrogens with zero attached hydrogens (tertiary/aromatic N) is 1. The Hall–Kier alpha value is -0.610. The second-order valence-electron chi connectivity index (χ2n) is 3.36. The number of thiophene rings is 1. The third-order valence-corrected chi connectivity index (χ3v) is 5.50. The molecule has 0 saturated heterocycles. The van der Waals surface area contributed by atoms with Crippen LogP contribution in [0.25, 0.3) is 4.91 Å². The summed E-state index contributed by atoms with van der Waals surface area (Å²) in [6.45, 7) is 0. The van der Waals surface area contributed by atoms with E-state index in [1.165, 1.54) is 23.3 Å². The maximum Gasteiger partial charge on any atom is 0.110 e. The van der Waals surface area contributed by atoms with Crippen molar-refractivity contribution in [3.63, 3.8) is 0 Å². The molecule has 1 aliphatic carbocycles.